The fraction of sp³-hybridized carbons (Fsp3) is 0.909. The third-order valence-electron chi connectivity index (χ3n) is 3.19. The average Bonchev–Trinajstić information content (AvgIpc) is 2.44. The van der Waals surface area contributed by atoms with Gasteiger partial charge in [0.15, 0.2) is 5.25 Å². The first-order valence-electron chi connectivity index (χ1n) is 5.94. The summed E-state index contributed by atoms with van der Waals surface area (Å²) in [6.45, 7) is 4.25. The van der Waals surface area contributed by atoms with Gasteiger partial charge in [-0.3, -0.25) is 0 Å². The van der Waals surface area contributed by atoms with Crippen LogP contribution < -0.4 is 0 Å². The second-order valence-electron chi connectivity index (χ2n) is 4.38. The highest BCUT2D eigenvalue weighted by atomic mass is 32.2. The molecule has 5 heteroatoms. The monoisotopic (exact) mass is 244 g/mol. The van der Waals surface area contributed by atoms with Gasteiger partial charge in [-0.1, -0.05) is 19.8 Å². The Morgan fingerprint density at radius 2 is 2.12 bits per heavy atom. The van der Waals surface area contributed by atoms with Crippen LogP contribution in [-0.2, 0) is 10.0 Å². The van der Waals surface area contributed by atoms with Gasteiger partial charge in [0.05, 0.1) is 6.07 Å². The Labute approximate surface area is 98.3 Å². The van der Waals surface area contributed by atoms with E-state index in [1.54, 1.807) is 6.92 Å². The van der Waals surface area contributed by atoms with E-state index in [-0.39, 0.29) is 6.04 Å². The lowest BCUT2D eigenvalue weighted by Crippen LogP contribution is -2.43. The Bertz CT molecular complexity index is 359. The van der Waals surface area contributed by atoms with E-state index in [0.29, 0.717) is 13.0 Å². The lowest BCUT2D eigenvalue weighted by molar-refractivity contribution is 0.339. The standard InChI is InChI=1S/C11H20N2O2S/c1-3-11(9-12)16(14,15)13-8-6-4-5-7-10(13)2/h10-11H,3-8H2,1-2H3. The third-order valence-corrected chi connectivity index (χ3v) is 5.55. The van der Waals surface area contributed by atoms with E-state index in [2.05, 4.69) is 0 Å². The fourth-order valence-electron chi connectivity index (χ4n) is 2.16. The van der Waals surface area contributed by atoms with Gasteiger partial charge < -0.3 is 0 Å². The maximum absolute atomic E-state index is 12.2. The molecule has 0 aromatic heterocycles. The van der Waals surface area contributed by atoms with E-state index in [4.69, 9.17) is 5.26 Å². The van der Waals surface area contributed by atoms with Crippen LogP contribution in [-0.4, -0.2) is 30.6 Å². The maximum atomic E-state index is 12.2. The number of hydrogen-bond donors (Lipinski definition) is 0. The minimum atomic E-state index is -3.42. The largest absolute Gasteiger partial charge is 0.230 e. The van der Waals surface area contributed by atoms with E-state index < -0.39 is 15.3 Å². The van der Waals surface area contributed by atoms with Crippen LogP contribution in [0.3, 0.4) is 0 Å². The van der Waals surface area contributed by atoms with Gasteiger partial charge in [-0.25, -0.2) is 8.42 Å². The molecule has 1 rings (SSSR count). The molecule has 1 aliphatic heterocycles. The van der Waals surface area contributed by atoms with Gasteiger partial charge in [0.2, 0.25) is 10.0 Å². The van der Waals surface area contributed by atoms with Crippen molar-refractivity contribution in [2.75, 3.05) is 6.54 Å². The van der Waals surface area contributed by atoms with Crippen molar-refractivity contribution in [3.05, 3.63) is 0 Å². The zero-order chi connectivity index (χ0) is 12.2. The maximum Gasteiger partial charge on any atom is 0.230 e. The molecule has 1 aliphatic rings. The van der Waals surface area contributed by atoms with Gasteiger partial charge in [0, 0.05) is 12.6 Å². The highest BCUT2D eigenvalue weighted by Gasteiger charge is 2.34. The fourth-order valence-corrected chi connectivity index (χ4v) is 4.03. The molecule has 1 fully saturated rings. The zero-order valence-electron chi connectivity index (χ0n) is 10.0. The van der Waals surface area contributed by atoms with Crippen LogP contribution >= 0.6 is 0 Å². The van der Waals surface area contributed by atoms with Gasteiger partial charge in [-0.2, -0.15) is 9.57 Å². The Kier molecular flexibility index (Phi) is 4.75. The SMILES string of the molecule is CCC(C#N)S(=O)(=O)N1CCCCCC1C. The molecule has 4 nitrogen and oxygen atoms in total. The normalized spacial score (nSPS) is 25.7. The zero-order valence-corrected chi connectivity index (χ0v) is 10.8. The van der Waals surface area contributed by atoms with Crippen LogP contribution in [0.1, 0.15) is 46.0 Å². The van der Waals surface area contributed by atoms with Crippen LogP contribution in [0.25, 0.3) is 0 Å². The van der Waals surface area contributed by atoms with E-state index in [1.165, 1.54) is 4.31 Å². The van der Waals surface area contributed by atoms with E-state index in [0.717, 1.165) is 25.7 Å². The molecular weight excluding hydrogens is 224 g/mol. The summed E-state index contributed by atoms with van der Waals surface area (Å²) in [5, 5.41) is 8.01. The molecule has 2 unspecified atom stereocenters. The molecule has 0 N–H and O–H groups in total. The smallest absolute Gasteiger partial charge is 0.211 e. The van der Waals surface area contributed by atoms with Crippen LogP contribution in [0.4, 0.5) is 0 Å². The van der Waals surface area contributed by atoms with Crippen LogP contribution in [0.5, 0.6) is 0 Å². The summed E-state index contributed by atoms with van der Waals surface area (Å²) in [5.41, 5.74) is 0. The molecular formula is C11H20N2O2S. The van der Waals surface area contributed by atoms with Crippen molar-refractivity contribution in [2.24, 2.45) is 0 Å². The van der Waals surface area contributed by atoms with Gasteiger partial charge in [-0.05, 0) is 26.2 Å². The van der Waals surface area contributed by atoms with Crippen molar-refractivity contribution in [1.82, 2.24) is 4.31 Å². The minimum absolute atomic E-state index is 0.0369. The summed E-state index contributed by atoms with van der Waals surface area (Å²) >= 11 is 0. The summed E-state index contributed by atoms with van der Waals surface area (Å²) in [7, 11) is -3.42. The number of nitrogens with zero attached hydrogens (tertiary/aromatic N) is 2. The minimum Gasteiger partial charge on any atom is -0.211 e. The molecule has 0 amide bonds. The first kappa shape index (κ1) is 13.5. The van der Waals surface area contributed by atoms with Crippen molar-refractivity contribution in [3.8, 4) is 6.07 Å². The van der Waals surface area contributed by atoms with E-state index in [1.807, 2.05) is 13.0 Å². The van der Waals surface area contributed by atoms with Crippen molar-refractivity contribution in [2.45, 2.75) is 57.2 Å². The lowest BCUT2D eigenvalue weighted by atomic mass is 10.1. The average molecular weight is 244 g/mol. The predicted molar refractivity (Wildman–Crippen MR) is 63.2 cm³/mol. The second-order valence-corrected chi connectivity index (χ2v) is 6.45. The molecule has 0 saturated carbocycles. The molecule has 0 aliphatic carbocycles. The second kappa shape index (κ2) is 5.65. The van der Waals surface area contributed by atoms with Crippen LogP contribution in [0.15, 0.2) is 0 Å². The molecule has 1 saturated heterocycles. The molecule has 0 radical (unpaired) electrons. The summed E-state index contributed by atoms with van der Waals surface area (Å²) in [6.07, 6.45) is 4.34. The number of rotatable bonds is 3. The van der Waals surface area contributed by atoms with Gasteiger partial charge in [0.1, 0.15) is 0 Å². The molecule has 1 heterocycles. The van der Waals surface area contributed by atoms with Crippen molar-refractivity contribution in [3.63, 3.8) is 0 Å². The summed E-state index contributed by atoms with van der Waals surface area (Å²) in [5.74, 6) is 0. The van der Waals surface area contributed by atoms with Gasteiger partial charge in [0.25, 0.3) is 0 Å². The summed E-state index contributed by atoms with van der Waals surface area (Å²) in [6, 6.07) is 1.94. The highest BCUT2D eigenvalue weighted by molar-refractivity contribution is 7.90. The van der Waals surface area contributed by atoms with Crippen molar-refractivity contribution < 1.29 is 8.42 Å². The summed E-state index contributed by atoms with van der Waals surface area (Å²) < 4.78 is 26.0. The van der Waals surface area contributed by atoms with Crippen molar-refractivity contribution >= 4 is 10.0 Å². The predicted octanol–water partition coefficient (Wildman–Crippen LogP) is 1.88. The summed E-state index contributed by atoms with van der Waals surface area (Å²) in [4.78, 5) is 0. The Balaban J connectivity index is 2.92. The van der Waals surface area contributed by atoms with Crippen LogP contribution in [0.2, 0.25) is 0 Å². The van der Waals surface area contributed by atoms with Gasteiger partial charge in [-0.15, -0.1) is 0 Å². The Morgan fingerprint density at radius 3 is 2.69 bits per heavy atom. The third kappa shape index (κ3) is 2.74. The number of hydrogen-bond acceptors (Lipinski definition) is 3. The van der Waals surface area contributed by atoms with E-state index in [9.17, 15) is 8.42 Å². The number of sulfonamides is 1. The molecule has 0 bridgehead atoms. The molecule has 2 atom stereocenters. The van der Waals surface area contributed by atoms with E-state index >= 15 is 0 Å². The lowest BCUT2D eigenvalue weighted by Gasteiger charge is -2.27. The van der Waals surface area contributed by atoms with Crippen LogP contribution in [0, 0.1) is 11.3 Å². The highest BCUT2D eigenvalue weighted by Crippen LogP contribution is 2.22. The molecule has 0 spiro atoms. The molecule has 92 valence electrons. The van der Waals surface area contributed by atoms with Crippen molar-refractivity contribution in [1.29, 1.82) is 5.26 Å². The molecule has 0 aromatic rings. The molecule has 0 aromatic carbocycles. The number of nitriles is 1. The Hall–Kier alpha value is -0.600. The van der Waals surface area contributed by atoms with Gasteiger partial charge >= 0.3 is 0 Å². The first-order chi connectivity index (χ1) is 7.54. The first-order valence-corrected chi connectivity index (χ1v) is 7.44. The quantitative estimate of drug-likeness (QED) is 0.761. The topological polar surface area (TPSA) is 61.2 Å². The Morgan fingerprint density at radius 1 is 1.44 bits per heavy atom. The molecule has 16 heavy (non-hydrogen) atoms.